The molecule has 0 bridgehead atoms. The van der Waals surface area contributed by atoms with Crippen molar-refractivity contribution in [1.82, 2.24) is 14.4 Å². The summed E-state index contributed by atoms with van der Waals surface area (Å²) in [5, 5.41) is 10.7. The molecule has 0 saturated heterocycles. The summed E-state index contributed by atoms with van der Waals surface area (Å²) in [6, 6.07) is 16.7. The smallest absolute Gasteiger partial charge is 0.490 e. The first-order valence-corrected chi connectivity index (χ1v) is 13.4. The van der Waals surface area contributed by atoms with Gasteiger partial charge in [0.15, 0.2) is 5.65 Å². The van der Waals surface area contributed by atoms with Crippen LogP contribution in [0.15, 0.2) is 72.0 Å². The molecule has 0 fully saturated rings. The number of methoxy groups -OCH3 is 1. The fourth-order valence-electron chi connectivity index (χ4n) is 3.71. The van der Waals surface area contributed by atoms with Gasteiger partial charge in [-0.2, -0.15) is 13.2 Å². The number of fused-ring (bicyclic) bond motifs is 1. The number of thioether (sulfide) groups is 1. The summed E-state index contributed by atoms with van der Waals surface area (Å²) in [5.74, 6) is 0.217. The summed E-state index contributed by atoms with van der Waals surface area (Å²) < 4.78 is 39.4. The highest BCUT2D eigenvalue weighted by Gasteiger charge is 2.38. The number of hydrogen-bond acceptors (Lipinski definition) is 6. The van der Waals surface area contributed by atoms with Gasteiger partial charge >= 0.3 is 12.1 Å². The third kappa shape index (κ3) is 8.64. The number of unbranched alkanes of at least 4 members (excludes halogenated alkanes) is 3. The molecule has 0 spiro atoms. The van der Waals surface area contributed by atoms with Crippen LogP contribution in [0.1, 0.15) is 38.2 Å². The number of nitrogens with zero attached hydrogens (tertiary/aromatic N) is 3. The molecule has 7 nitrogen and oxygen atoms in total. The van der Waals surface area contributed by atoms with E-state index in [2.05, 4.69) is 58.0 Å². The molecule has 208 valence electrons. The zero-order valence-electron chi connectivity index (χ0n) is 21.7. The number of carboxylic acid groups (broad SMARTS) is 1. The molecular formula is C28H31F3N4O3S. The Morgan fingerprint density at radius 3 is 2.54 bits per heavy atom. The Labute approximate surface area is 229 Å². The molecule has 0 aliphatic rings. The van der Waals surface area contributed by atoms with Gasteiger partial charge in [-0.15, -0.1) is 11.8 Å². The van der Waals surface area contributed by atoms with Crippen LogP contribution in [0, 0.1) is 0 Å². The molecule has 2 aromatic carbocycles. The molecule has 0 aliphatic heterocycles. The quantitative estimate of drug-likeness (QED) is 0.147. The molecular weight excluding hydrogens is 529 g/mol. The van der Waals surface area contributed by atoms with Crippen LogP contribution in [0.4, 0.5) is 19.0 Å². The van der Waals surface area contributed by atoms with Crippen molar-refractivity contribution in [3.63, 3.8) is 0 Å². The largest absolute Gasteiger partial charge is 0.496 e. The average molecular weight is 561 g/mol. The summed E-state index contributed by atoms with van der Waals surface area (Å²) in [5.41, 5.74) is 4.04. The molecule has 0 amide bonds. The number of rotatable bonds is 11. The summed E-state index contributed by atoms with van der Waals surface area (Å²) in [4.78, 5) is 19.2. The topological polar surface area (TPSA) is 88.8 Å². The summed E-state index contributed by atoms with van der Waals surface area (Å²) in [7, 11) is 1.74. The highest BCUT2D eigenvalue weighted by Crippen LogP contribution is 2.36. The zero-order valence-corrected chi connectivity index (χ0v) is 22.6. The van der Waals surface area contributed by atoms with Crippen LogP contribution >= 0.6 is 11.8 Å². The van der Waals surface area contributed by atoms with E-state index in [1.807, 2.05) is 30.1 Å². The third-order valence-corrected chi connectivity index (χ3v) is 6.79. The minimum absolute atomic E-state index is 0.721. The predicted octanol–water partition coefficient (Wildman–Crippen LogP) is 7.32. The van der Waals surface area contributed by atoms with Gasteiger partial charge in [0.1, 0.15) is 17.3 Å². The van der Waals surface area contributed by atoms with Gasteiger partial charge < -0.3 is 15.2 Å². The highest BCUT2D eigenvalue weighted by molar-refractivity contribution is 7.99. The Morgan fingerprint density at radius 2 is 1.87 bits per heavy atom. The van der Waals surface area contributed by atoms with Crippen LogP contribution in [0.3, 0.4) is 0 Å². The lowest BCUT2D eigenvalue weighted by atomic mass is 10.1. The number of imidazole rings is 1. The van der Waals surface area contributed by atoms with Crippen LogP contribution in [0.2, 0.25) is 0 Å². The number of aromatic nitrogens is 3. The number of alkyl halides is 3. The van der Waals surface area contributed by atoms with Crippen molar-refractivity contribution in [2.45, 2.75) is 50.2 Å². The number of benzene rings is 2. The second-order valence-electron chi connectivity index (χ2n) is 8.53. The van der Waals surface area contributed by atoms with Crippen LogP contribution in [0.25, 0.3) is 16.9 Å². The van der Waals surface area contributed by atoms with Gasteiger partial charge in [-0.1, -0.05) is 56.5 Å². The maximum absolute atomic E-state index is 10.6. The monoisotopic (exact) mass is 560 g/mol. The number of carbonyl (C=O) groups is 1. The first kappa shape index (κ1) is 29.8. The molecule has 11 heteroatoms. The summed E-state index contributed by atoms with van der Waals surface area (Å²) in [6.07, 6.45) is 5.50. The lowest BCUT2D eigenvalue weighted by molar-refractivity contribution is -0.192. The number of halogens is 3. The fraction of sp³-hybridized carbons (Fsp3) is 0.321. The van der Waals surface area contributed by atoms with Crippen LogP contribution in [-0.2, 0) is 11.3 Å². The molecule has 0 saturated carbocycles. The molecule has 2 heterocycles. The Balaban J connectivity index is 0.000000532. The van der Waals surface area contributed by atoms with E-state index in [0.29, 0.717) is 0 Å². The lowest BCUT2D eigenvalue weighted by Gasteiger charge is -2.12. The Morgan fingerprint density at radius 1 is 1.13 bits per heavy atom. The summed E-state index contributed by atoms with van der Waals surface area (Å²) >= 11 is 1.86. The fourth-order valence-corrected chi connectivity index (χ4v) is 4.78. The normalized spacial score (nSPS) is 11.1. The Kier molecular flexibility index (Phi) is 11.0. The van der Waals surface area contributed by atoms with Crippen LogP contribution < -0.4 is 10.1 Å². The third-order valence-electron chi connectivity index (χ3n) is 5.67. The molecule has 0 atom stereocenters. The van der Waals surface area contributed by atoms with Gasteiger partial charge in [-0.3, -0.25) is 9.38 Å². The highest BCUT2D eigenvalue weighted by atomic mass is 32.2. The van der Waals surface area contributed by atoms with Crippen molar-refractivity contribution in [3.05, 3.63) is 72.7 Å². The van der Waals surface area contributed by atoms with Crippen molar-refractivity contribution in [2.24, 2.45) is 0 Å². The van der Waals surface area contributed by atoms with Crippen molar-refractivity contribution < 1.29 is 27.8 Å². The maximum Gasteiger partial charge on any atom is 0.490 e. The van der Waals surface area contributed by atoms with Gasteiger partial charge in [0.2, 0.25) is 0 Å². The van der Waals surface area contributed by atoms with Gasteiger partial charge in [0.25, 0.3) is 0 Å². The molecule has 2 aromatic heterocycles. The van der Waals surface area contributed by atoms with Crippen molar-refractivity contribution >= 4 is 29.2 Å². The van der Waals surface area contributed by atoms with Crippen LogP contribution in [-0.4, -0.2) is 44.5 Å². The average Bonchev–Trinajstić information content (AvgIpc) is 3.30. The van der Waals surface area contributed by atoms with Gasteiger partial charge in [-0.05, 0) is 35.9 Å². The number of carboxylic acids is 1. The summed E-state index contributed by atoms with van der Waals surface area (Å²) in [6.45, 7) is 2.96. The van der Waals surface area contributed by atoms with Gasteiger partial charge in [-0.25, -0.2) is 9.78 Å². The van der Waals surface area contributed by atoms with E-state index >= 15 is 0 Å². The maximum atomic E-state index is 10.6. The SMILES string of the molecule is CCCCCCSc1cc(-c2nc3cnccn3c2NCc2ccccc2)ccc1OC.O=C(O)C(F)(F)F. The minimum Gasteiger partial charge on any atom is -0.496 e. The molecule has 2 N–H and O–H groups in total. The van der Waals surface area contributed by atoms with E-state index in [1.165, 1.54) is 31.2 Å². The van der Waals surface area contributed by atoms with E-state index in [-0.39, 0.29) is 0 Å². The number of anilines is 1. The van der Waals surface area contributed by atoms with Crippen LogP contribution in [0.5, 0.6) is 5.75 Å². The number of nitrogens with one attached hydrogen (secondary N) is 1. The first-order valence-electron chi connectivity index (χ1n) is 12.5. The predicted molar refractivity (Wildman–Crippen MR) is 147 cm³/mol. The Hall–Kier alpha value is -3.73. The molecule has 0 aliphatic carbocycles. The lowest BCUT2D eigenvalue weighted by Crippen LogP contribution is -2.21. The Bertz CT molecular complexity index is 1350. The molecule has 0 unspecified atom stereocenters. The van der Waals surface area contributed by atoms with E-state index in [4.69, 9.17) is 19.6 Å². The molecule has 4 rings (SSSR count). The minimum atomic E-state index is -5.08. The zero-order chi connectivity index (χ0) is 28.3. The standard InChI is InChI=1S/C26H30N4OS.C2HF3O2/c1-3-4-5-9-16-32-23-17-21(12-13-22(23)31-2)25-26(28-18-20-10-7-6-8-11-20)30-15-14-27-19-24(30)29-25;3-2(4,5)1(6)7/h6-8,10-15,17,19,28H,3-5,9,16,18H2,1-2H3;(H,6,7). The van der Waals surface area contributed by atoms with E-state index in [1.54, 1.807) is 19.5 Å². The second kappa shape index (κ2) is 14.4. The first-order chi connectivity index (χ1) is 18.7. The van der Waals surface area contributed by atoms with Crippen molar-refractivity contribution in [1.29, 1.82) is 0 Å². The van der Waals surface area contributed by atoms with E-state index < -0.39 is 12.1 Å². The molecule has 39 heavy (non-hydrogen) atoms. The molecule has 0 radical (unpaired) electrons. The number of ether oxygens (including phenoxy) is 1. The number of aliphatic carboxylic acids is 1. The van der Waals surface area contributed by atoms with Crippen molar-refractivity contribution in [2.75, 3.05) is 18.2 Å². The van der Waals surface area contributed by atoms with E-state index in [0.717, 1.165) is 45.7 Å². The van der Waals surface area contributed by atoms with Gasteiger partial charge in [0.05, 0.1) is 18.2 Å². The molecule has 4 aromatic rings. The van der Waals surface area contributed by atoms with E-state index in [9.17, 15) is 13.2 Å². The van der Waals surface area contributed by atoms with Gasteiger partial charge in [0, 0.05) is 24.5 Å². The van der Waals surface area contributed by atoms with Crippen molar-refractivity contribution in [3.8, 4) is 17.0 Å². The second-order valence-corrected chi connectivity index (χ2v) is 9.67. The number of hydrogen-bond donors (Lipinski definition) is 2.